The lowest BCUT2D eigenvalue weighted by Gasteiger charge is -1.99. The van der Waals surface area contributed by atoms with Gasteiger partial charge in [-0.15, -0.1) is 11.3 Å². The number of thiazole rings is 1. The Hall–Kier alpha value is -2.06. The number of ether oxygens (including phenoxy) is 1. The lowest BCUT2D eigenvalue weighted by molar-refractivity contribution is -0.111. The van der Waals surface area contributed by atoms with Crippen molar-refractivity contribution in [3.05, 3.63) is 51.2 Å². The van der Waals surface area contributed by atoms with Gasteiger partial charge in [-0.1, -0.05) is 15.9 Å². The van der Waals surface area contributed by atoms with Gasteiger partial charge in [-0.05, 0) is 31.2 Å². The Bertz CT molecular complexity index is 761. The third-order valence-electron chi connectivity index (χ3n) is 2.59. The van der Waals surface area contributed by atoms with Crippen molar-refractivity contribution in [2.24, 2.45) is 0 Å². The molecule has 1 amide bonds. The highest BCUT2D eigenvalue weighted by molar-refractivity contribution is 9.10. The number of rotatable bonds is 5. The molecule has 0 aliphatic carbocycles. The van der Waals surface area contributed by atoms with Crippen molar-refractivity contribution in [1.82, 2.24) is 4.98 Å². The van der Waals surface area contributed by atoms with Gasteiger partial charge in [-0.2, -0.15) is 0 Å². The molecular formula is C15H12BrFN2O3S. The molecule has 8 heteroatoms. The fraction of sp³-hybridized carbons (Fsp3) is 0.133. The summed E-state index contributed by atoms with van der Waals surface area (Å²) in [6.07, 6.45) is 2.55. The Morgan fingerprint density at radius 3 is 3.00 bits per heavy atom. The molecule has 0 unspecified atom stereocenters. The second-order valence-electron chi connectivity index (χ2n) is 4.25. The van der Waals surface area contributed by atoms with E-state index in [2.05, 4.69) is 26.2 Å². The smallest absolute Gasteiger partial charge is 0.357 e. The molecule has 0 aliphatic heterocycles. The first-order valence-corrected chi connectivity index (χ1v) is 8.23. The summed E-state index contributed by atoms with van der Waals surface area (Å²) in [6, 6.07) is 4.43. The number of benzene rings is 1. The first kappa shape index (κ1) is 17.3. The van der Waals surface area contributed by atoms with E-state index in [1.54, 1.807) is 19.1 Å². The Balaban J connectivity index is 2.01. The molecule has 1 heterocycles. The van der Waals surface area contributed by atoms with E-state index >= 15 is 0 Å². The predicted molar refractivity (Wildman–Crippen MR) is 89.8 cm³/mol. The number of carbonyl (C=O) groups is 2. The molecule has 0 saturated carbocycles. The van der Waals surface area contributed by atoms with E-state index in [0.717, 1.165) is 11.3 Å². The van der Waals surface area contributed by atoms with E-state index in [4.69, 9.17) is 4.74 Å². The van der Waals surface area contributed by atoms with Crippen molar-refractivity contribution in [1.29, 1.82) is 0 Å². The van der Waals surface area contributed by atoms with Crippen molar-refractivity contribution in [2.75, 3.05) is 11.9 Å². The van der Waals surface area contributed by atoms with E-state index in [0.29, 0.717) is 4.47 Å². The molecule has 0 atom stereocenters. The molecule has 120 valence electrons. The van der Waals surface area contributed by atoms with Crippen molar-refractivity contribution >= 4 is 50.4 Å². The minimum atomic E-state index is -0.545. The lowest BCUT2D eigenvalue weighted by atomic mass is 10.2. The van der Waals surface area contributed by atoms with Crippen LogP contribution in [0.2, 0.25) is 0 Å². The number of aromatic nitrogens is 1. The summed E-state index contributed by atoms with van der Waals surface area (Å²) in [5, 5.41) is 4.26. The quantitative estimate of drug-likeness (QED) is 0.612. The predicted octanol–water partition coefficient (Wildman–Crippen LogP) is 3.87. The van der Waals surface area contributed by atoms with Gasteiger partial charge in [-0.25, -0.2) is 14.2 Å². The molecular weight excluding hydrogens is 387 g/mol. The molecule has 23 heavy (non-hydrogen) atoms. The third kappa shape index (κ3) is 4.97. The fourth-order valence-electron chi connectivity index (χ4n) is 1.58. The van der Waals surface area contributed by atoms with Gasteiger partial charge in [0.25, 0.3) is 0 Å². The zero-order chi connectivity index (χ0) is 16.8. The van der Waals surface area contributed by atoms with Gasteiger partial charge < -0.3 is 4.74 Å². The van der Waals surface area contributed by atoms with Crippen molar-refractivity contribution in [3.63, 3.8) is 0 Å². The summed E-state index contributed by atoms with van der Waals surface area (Å²) in [5.74, 6) is -1.46. The van der Waals surface area contributed by atoms with Gasteiger partial charge in [0, 0.05) is 21.5 Å². The van der Waals surface area contributed by atoms with Crippen LogP contribution in [0, 0.1) is 5.82 Å². The largest absolute Gasteiger partial charge is 0.461 e. The Kier molecular flexibility index (Phi) is 6.00. The number of nitrogens with zero attached hydrogens (tertiary/aromatic N) is 1. The van der Waals surface area contributed by atoms with Crippen molar-refractivity contribution in [2.45, 2.75) is 6.92 Å². The average molecular weight is 399 g/mol. The molecule has 1 N–H and O–H groups in total. The summed E-state index contributed by atoms with van der Waals surface area (Å²) in [5.41, 5.74) is 0.412. The summed E-state index contributed by atoms with van der Waals surface area (Å²) >= 11 is 4.33. The topological polar surface area (TPSA) is 68.3 Å². The average Bonchev–Trinajstić information content (AvgIpc) is 2.97. The number of carbonyl (C=O) groups excluding carboxylic acids is 2. The Labute approximate surface area is 144 Å². The van der Waals surface area contributed by atoms with Crippen LogP contribution in [0.4, 0.5) is 9.52 Å². The number of anilines is 1. The van der Waals surface area contributed by atoms with Crippen molar-refractivity contribution in [3.8, 4) is 0 Å². The van der Waals surface area contributed by atoms with Crippen LogP contribution in [-0.2, 0) is 9.53 Å². The molecule has 0 radical (unpaired) electrons. The molecule has 0 saturated heterocycles. The molecule has 0 aliphatic rings. The zero-order valence-electron chi connectivity index (χ0n) is 12.0. The van der Waals surface area contributed by atoms with Crippen LogP contribution in [0.3, 0.4) is 0 Å². The maximum Gasteiger partial charge on any atom is 0.357 e. The Morgan fingerprint density at radius 2 is 2.26 bits per heavy atom. The van der Waals surface area contributed by atoms with Crippen LogP contribution in [0.1, 0.15) is 23.0 Å². The van der Waals surface area contributed by atoms with Crippen LogP contribution < -0.4 is 5.32 Å². The van der Waals surface area contributed by atoms with E-state index < -0.39 is 17.7 Å². The number of esters is 1. The monoisotopic (exact) mass is 398 g/mol. The Morgan fingerprint density at radius 1 is 1.48 bits per heavy atom. The molecule has 5 nitrogen and oxygen atoms in total. The van der Waals surface area contributed by atoms with Crippen molar-refractivity contribution < 1.29 is 18.7 Å². The second-order valence-corrected chi connectivity index (χ2v) is 6.02. The lowest BCUT2D eigenvalue weighted by Crippen LogP contribution is -2.09. The minimum absolute atomic E-state index is 0.133. The highest BCUT2D eigenvalue weighted by Gasteiger charge is 2.12. The minimum Gasteiger partial charge on any atom is -0.461 e. The number of amides is 1. The molecule has 2 aromatic rings. The fourth-order valence-corrected chi connectivity index (χ4v) is 2.65. The molecule has 0 bridgehead atoms. The van der Waals surface area contributed by atoms with E-state index in [-0.39, 0.29) is 23.0 Å². The number of hydrogen-bond donors (Lipinski definition) is 1. The van der Waals surface area contributed by atoms with Crippen LogP contribution in [0.15, 0.2) is 34.1 Å². The van der Waals surface area contributed by atoms with Gasteiger partial charge in [0.15, 0.2) is 10.8 Å². The second kappa shape index (κ2) is 7.98. The molecule has 0 spiro atoms. The molecule has 2 rings (SSSR count). The highest BCUT2D eigenvalue weighted by Crippen LogP contribution is 2.18. The maximum absolute atomic E-state index is 13.5. The van der Waals surface area contributed by atoms with Crippen LogP contribution in [0.25, 0.3) is 6.08 Å². The standard InChI is InChI=1S/C15H12BrFN2O3S/c1-2-22-14(21)12-8-23-15(18-12)19-13(20)6-3-9-7-10(16)4-5-11(9)17/h3-8H,2H2,1H3,(H,18,19,20)/b6-3+. The first-order valence-electron chi connectivity index (χ1n) is 6.56. The normalized spacial score (nSPS) is 10.7. The van der Waals surface area contributed by atoms with Crippen LogP contribution >= 0.6 is 27.3 Å². The van der Waals surface area contributed by atoms with Gasteiger partial charge in [0.1, 0.15) is 5.82 Å². The van der Waals surface area contributed by atoms with Gasteiger partial charge >= 0.3 is 5.97 Å². The summed E-state index contributed by atoms with van der Waals surface area (Å²) < 4.78 is 19.1. The van der Waals surface area contributed by atoms with Gasteiger partial charge in [-0.3, -0.25) is 10.1 Å². The maximum atomic E-state index is 13.5. The number of nitrogens with one attached hydrogen (secondary N) is 1. The SMILES string of the molecule is CCOC(=O)c1csc(NC(=O)/C=C/c2cc(Br)ccc2F)n1. The summed E-state index contributed by atoms with van der Waals surface area (Å²) in [4.78, 5) is 27.2. The van der Waals surface area contributed by atoms with Crippen LogP contribution in [-0.4, -0.2) is 23.5 Å². The molecule has 1 aromatic heterocycles. The van der Waals surface area contributed by atoms with Gasteiger partial charge in [0.2, 0.25) is 5.91 Å². The highest BCUT2D eigenvalue weighted by atomic mass is 79.9. The number of hydrogen-bond acceptors (Lipinski definition) is 5. The van der Waals surface area contributed by atoms with Crippen LogP contribution in [0.5, 0.6) is 0 Å². The van der Waals surface area contributed by atoms with E-state index in [1.165, 1.54) is 23.6 Å². The summed E-state index contributed by atoms with van der Waals surface area (Å²) in [7, 11) is 0. The summed E-state index contributed by atoms with van der Waals surface area (Å²) in [6.45, 7) is 1.94. The van der Waals surface area contributed by atoms with Gasteiger partial charge in [0.05, 0.1) is 6.61 Å². The molecule has 1 aromatic carbocycles. The van der Waals surface area contributed by atoms with E-state index in [9.17, 15) is 14.0 Å². The zero-order valence-corrected chi connectivity index (χ0v) is 14.4. The number of halogens is 2. The van der Waals surface area contributed by atoms with E-state index in [1.807, 2.05) is 0 Å². The third-order valence-corrected chi connectivity index (χ3v) is 3.84. The first-order chi connectivity index (χ1) is 11.0. The molecule has 0 fully saturated rings.